The van der Waals surface area contributed by atoms with Gasteiger partial charge in [0.15, 0.2) is 0 Å². The largest absolute Gasteiger partial charge is 0.490 e. The molecule has 1 aromatic carbocycles. The van der Waals surface area contributed by atoms with Crippen molar-refractivity contribution < 1.29 is 19.1 Å². The Kier molecular flexibility index (Phi) is 5.58. The van der Waals surface area contributed by atoms with Gasteiger partial charge in [-0.2, -0.15) is 0 Å². The second-order valence-corrected chi connectivity index (χ2v) is 6.73. The van der Waals surface area contributed by atoms with Crippen LogP contribution in [0.4, 0.5) is 4.79 Å². The molecule has 0 radical (unpaired) electrons. The summed E-state index contributed by atoms with van der Waals surface area (Å²) in [6.45, 7) is 2.13. The predicted octanol–water partition coefficient (Wildman–Crippen LogP) is 3.34. The molecule has 1 aliphatic heterocycles. The first-order chi connectivity index (χ1) is 12.6. The van der Waals surface area contributed by atoms with Crippen LogP contribution in [0.1, 0.15) is 17.8 Å². The van der Waals surface area contributed by atoms with Crippen LogP contribution in [0.3, 0.4) is 0 Å². The van der Waals surface area contributed by atoms with E-state index in [0.717, 1.165) is 10.6 Å². The van der Waals surface area contributed by atoms with Gasteiger partial charge in [-0.1, -0.05) is 24.3 Å². The minimum atomic E-state index is -0.499. The molecule has 0 bridgehead atoms. The Morgan fingerprint density at radius 3 is 2.65 bits per heavy atom. The number of nitrogens with one attached hydrogen (secondary N) is 1. The number of hydrogen-bond acceptors (Lipinski definition) is 5. The normalized spacial score (nSPS) is 17.1. The highest BCUT2D eigenvalue weighted by Crippen LogP contribution is 2.32. The van der Waals surface area contributed by atoms with Gasteiger partial charge in [-0.25, -0.2) is 9.59 Å². The first kappa shape index (κ1) is 18.0. The predicted molar refractivity (Wildman–Crippen MR) is 99.0 cm³/mol. The van der Waals surface area contributed by atoms with E-state index >= 15 is 0 Å². The van der Waals surface area contributed by atoms with E-state index in [1.54, 1.807) is 14.0 Å². The van der Waals surface area contributed by atoms with Crippen molar-refractivity contribution in [1.82, 2.24) is 10.2 Å². The van der Waals surface area contributed by atoms with Crippen LogP contribution in [0.5, 0.6) is 5.75 Å². The topological polar surface area (TPSA) is 67.9 Å². The molecule has 1 aliphatic rings. The van der Waals surface area contributed by atoms with Gasteiger partial charge in [-0.15, -0.1) is 11.3 Å². The van der Waals surface area contributed by atoms with Crippen molar-refractivity contribution in [2.75, 3.05) is 20.3 Å². The van der Waals surface area contributed by atoms with Crippen molar-refractivity contribution in [3.05, 3.63) is 64.0 Å². The summed E-state index contributed by atoms with van der Waals surface area (Å²) in [4.78, 5) is 27.1. The molecule has 1 aromatic heterocycles. The molecule has 1 unspecified atom stereocenters. The zero-order valence-electron chi connectivity index (χ0n) is 14.6. The second kappa shape index (κ2) is 8.05. The van der Waals surface area contributed by atoms with Crippen molar-refractivity contribution in [1.29, 1.82) is 0 Å². The van der Waals surface area contributed by atoms with Crippen LogP contribution in [0.25, 0.3) is 0 Å². The lowest BCUT2D eigenvalue weighted by Gasteiger charge is -2.32. The number of hydrogen-bond donors (Lipinski definition) is 1. The molecule has 1 atom stereocenters. The molecule has 1 N–H and O–H groups in total. The van der Waals surface area contributed by atoms with Crippen LogP contribution in [0, 0.1) is 0 Å². The standard InChI is InChI=1S/C19H20N2O4S/c1-13-16(17(15-9-6-12-26-15)20-19(23)21(13)2)18(22)25-11-10-24-14-7-4-3-5-8-14/h3-9,12,17H,10-11H2,1-2H3,(H,20,23). The number of para-hydroxylation sites is 1. The number of ether oxygens (including phenoxy) is 2. The van der Waals surface area contributed by atoms with Crippen molar-refractivity contribution >= 4 is 23.3 Å². The van der Waals surface area contributed by atoms with Gasteiger partial charge in [0, 0.05) is 17.6 Å². The van der Waals surface area contributed by atoms with E-state index in [9.17, 15) is 9.59 Å². The molecule has 0 aliphatic carbocycles. The lowest BCUT2D eigenvalue weighted by atomic mass is 10.0. The molecule has 136 valence electrons. The maximum Gasteiger partial charge on any atom is 0.338 e. The first-order valence-electron chi connectivity index (χ1n) is 8.21. The minimum absolute atomic E-state index is 0.124. The van der Waals surface area contributed by atoms with Gasteiger partial charge < -0.3 is 19.7 Å². The van der Waals surface area contributed by atoms with Gasteiger partial charge in [0.05, 0.1) is 11.6 Å². The maximum absolute atomic E-state index is 12.7. The van der Waals surface area contributed by atoms with Gasteiger partial charge in [-0.05, 0) is 30.5 Å². The molecular formula is C19H20N2O4S. The molecule has 2 amide bonds. The zero-order valence-corrected chi connectivity index (χ0v) is 15.4. The van der Waals surface area contributed by atoms with Gasteiger partial charge in [0.1, 0.15) is 19.0 Å². The summed E-state index contributed by atoms with van der Waals surface area (Å²) in [5, 5.41) is 4.76. The van der Waals surface area contributed by atoms with E-state index in [4.69, 9.17) is 9.47 Å². The Labute approximate surface area is 156 Å². The third-order valence-corrected chi connectivity index (χ3v) is 5.07. The highest BCUT2D eigenvalue weighted by Gasteiger charge is 2.35. The highest BCUT2D eigenvalue weighted by molar-refractivity contribution is 7.10. The Hall–Kier alpha value is -2.80. The van der Waals surface area contributed by atoms with Crippen LogP contribution in [0.15, 0.2) is 59.1 Å². The Balaban J connectivity index is 1.67. The summed E-state index contributed by atoms with van der Waals surface area (Å²) >= 11 is 1.48. The fourth-order valence-corrected chi connectivity index (χ4v) is 3.44. The average Bonchev–Trinajstić information content (AvgIpc) is 3.18. The minimum Gasteiger partial charge on any atom is -0.490 e. The summed E-state index contributed by atoms with van der Waals surface area (Å²) in [5.41, 5.74) is 1.02. The van der Waals surface area contributed by atoms with Crippen LogP contribution < -0.4 is 10.1 Å². The van der Waals surface area contributed by atoms with E-state index in [1.807, 2.05) is 47.8 Å². The summed E-state index contributed by atoms with van der Waals surface area (Å²) < 4.78 is 10.9. The van der Waals surface area contributed by atoms with Gasteiger partial charge in [0.2, 0.25) is 0 Å². The quantitative estimate of drug-likeness (QED) is 0.624. The summed E-state index contributed by atoms with van der Waals surface area (Å²) in [6, 6.07) is 12.4. The fraction of sp³-hybridized carbons (Fsp3) is 0.263. The van der Waals surface area contributed by atoms with E-state index in [1.165, 1.54) is 16.2 Å². The number of amides is 2. The maximum atomic E-state index is 12.7. The zero-order chi connectivity index (χ0) is 18.5. The van der Waals surface area contributed by atoms with E-state index in [2.05, 4.69) is 5.32 Å². The number of carbonyl (C=O) groups is 2. The Morgan fingerprint density at radius 2 is 1.96 bits per heavy atom. The highest BCUT2D eigenvalue weighted by atomic mass is 32.1. The number of carbonyl (C=O) groups excluding carboxylic acids is 2. The number of rotatable bonds is 6. The molecule has 26 heavy (non-hydrogen) atoms. The molecule has 3 rings (SSSR count). The third-order valence-electron chi connectivity index (χ3n) is 4.13. The lowest BCUT2D eigenvalue weighted by Crippen LogP contribution is -2.46. The molecule has 7 heteroatoms. The summed E-state index contributed by atoms with van der Waals surface area (Å²) in [6.07, 6.45) is 0. The molecule has 0 spiro atoms. The molecule has 2 heterocycles. The fourth-order valence-electron chi connectivity index (χ4n) is 2.66. The molecule has 0 fully saturated rings. The Bertz CT molecular complexity index is 802. The van der Waals surface area contributed by atoms with Crippen molar-refractivity contribution in [2.45, 2.75) is 13.0 Å². The lowest BCUT2D eigenvalue weighted by molar-refractivity contribution is -0.140. The molecule has 0 saturated heterocycles. The van der Waals surface area contributed by atoms with Crippen LogP contribution >= 0.6 is 11.3 Å². The van der Waals surface area contributed by atoms with E-state index in [0.29, 0.717) is 11.3 Å². The van der Waals surface area contributed by atoms with Crippen molar-refractivity contribution in [3.63, 3.8) is 0 Å². The number of thiophene rings is 1. The van der Waals surface area contributed by atoms with Crippen molar-refractivity contribution in [3.8, 4) is 5.75 Å². The first-order valence-corrected chi connectivity index (χ1v) is 9.09. The van der Waals surface area contributed by atoms with Gasteiger partial charge in [-0.3, -0.25) is 0 Å². The van der Waals surface area contributed by atoms with Crippen LogP contribution in [-0.4, -0.2) is 37.2 Å². The van der Waals surface area contributed by atoms with Gasteiger partial charge in [0.25, 0.3) is 0 Å². The summed E-state index contributed by atoms with van der Waals surface area (Å²) in [7, 11) is 1.63. The number of allylic oxidation sites excluding steroid dienone is 1. The van der Waals surface area contributed by atoms with Crippen molar-refractivity contribution in [2.24, 2.45) is 0 Å². The van der Waals surface area contributed by atoms with Crippen LogP contribution in [0.2, 0.25) is 0 Å². The number of urea groups is 1. The van der Waals surface area contributed by atoms with E-state index < -0.39 is 12.0 Å². The molecule has 6 nitrogen and oxygen atoms in total. The summed E-state index contributed by atoms with van der Waals surface area (Å²) in [5.74, 6) is 0.268. The molecular weight excluding hydrogens is 352 g/mol. The average molecular weight is 372 g/mol. The van der Waals surface area contributed by atoms with Crippen LogP contribution in [-0.2, 0) is 9.53 Å². The smallest absolute Gasteiger partial charge is 0.338 e. The van der Waals surface area contributed by atoms with Gasteiger partial charge >= 0.3 is 12.0 Å². The molecule has 2 aromatic rings. The number of esters is 1. The number of nitrogens with zero attached hydrogens (tertiary/aromatic N) is 1. The third kappa shape index (κ3) is 3.88. The van der Waals surface area contributed by atoms with E-state index in [-0.39, 0.29) is 19.2 Å². The second-order valence-electron chi connectivity index (χ2n) is 5.75. The molecule has 0 saturated carbocycles. The number of benzene rings is 1. The monoisotopic (exact) mass is 372 g/mol. The Morgan fingerprint density at radius 1 is 1.19 bits per heavy atom. The SMILES string of the molecule is CC1=C(C(=O)OCCOc2ccccc2)C(c2cccs2)NC(=O)N1C.